The van der Waals surface area contributed by atoms with Gasteiger partial charge in [-0.05, 0) is 115 Å². The van der Waals surface area contributed by atoms with Crippen LogP contribution >= 0.6 is 0 Å². The second-order valence-corrected chi connectivity index (χ2v) is 12.7. The summed E-state index contributed by atoms with van der Waals surface area (Å²) in [5.41, 5.74) is 9.28. The van der Waals surface area contributed by atoms with Crippen LogP contribution in [0.25, 0.3) is 66.1 Å². The zero-order valence-corrected chi connectivity index (χ0v) is 27.8. The summed E-state index contributed by atoms with van der Waals surface area (Å²) in [4.78, 5) is 1.89. The van der Waals surface area contributed by atoms with Gasteiger partial charge in [0.1, 0.15) is 0 Å². The summed E-state index contributed by atoms with van der Waals surface area (Å²) in [5.74, 6) is 0. The summed E-state index contributed by atoms with van der Waals surface area (Å²) in [5, 5.41) is 4.22. The van der Waals surface area contributed by atoms with E-state index in [1.807, 2.05) is 102 Å². The van der Waals surface area contributed by atoms with Crippen molar-refractivity contribution in [2.24, 2.45) is 0 Å². The maximum atomic E-state index is 9.74. The highest BCUT2D eigenvalue weighted by atomic mass is 15.1. The highest BCUT2D eigenvalue weighted by molar-refractivity contribution is 5.97. The summed E-state index contributed by atoms with van der Waals surface area (Å²) in [6.07, 6.45) is 0. The summed E-state index contributed by atoms with van der Waals surface area (Å²) in [6, 6.07) is 63.1. The molecule has 0 unspecified atom stereocenters. The van der Waals surface area contributed by atoms with Crippen molar-refractivity contribution < 1.29 is 5.48 Å². The van der Waals surface area contributed by atoms with Crippen LogP contribution in [0.4, 0.5) is 17.1 Å². The lowest BCUT2D eigenvalue weighted by atomic mass is 9.97. The lowest BCUT2D eigenvalue weighted by Gasteiger charge is -2.26. The van der Waals surface area contributed by atoms with Gasteiger partial charge < -0.3 is 4.90 Å². The molecule has 0 saturated heterocycles. The molecule has 1 nitrogen and oxygen atoms in total. The molecule has 0 aliphatic rings. The Kier molecular flexibility index (Phi) is 6.84. The molecule has 1 heteroatoms. The molecule has 0 bridgehead atoms. The Morgan fingerprint density at radius 2 is 0.863 bits per heavy atom. The van der Waals surface area contributed by atoms with Crippen LogP contribution in [0.15, 0.2) is 212 Å². The fourth-order valence-corrected chi connectivity index (χ4v) is 6.91. The number of benzene rings is 9. The first-order valence-corrected chi connectivity index (χ1v) is 17.2. The monoisotopic (exact) mass is 653 g/mol. The molecular weight excluding hydrogens is 615 g/mol. The van der Waals surface area contributed by atoms with Crippen molar-refractivity contribution in [2.75, 3.05) is 4.90 Å². The second kappa shape index (κ2) is 13.3. The van der Waals surface area contributed by atoms with Gasteiger partial charge in [0, 0.05) is 17.1 Å². The summed E-state index contributed by atoms with van der Waals surface area (Å²) in [7, 11) is 0. The molecule has 0 N–H and O–H groups in total. The predicted octanol–water partition coefficient (Wildman–Crippen LogP) is 14.1. The van der Waals surface area contributed by atoms with Crippen molar-refractivity contribution in [1.29, 1.82) is 0 Å². The topological polar surface area (TPSA) is 3.24 Å². The molecule has 0 aromatic heterocycles. The van der Waals surface area contributed by atoms with Crippen LogP contribution in [-0.4, -0.2) is 0 Å². The molecule has 51 heavy (non-hydrogen) atoms. The van der Waals surface area contributed by atoms with Gasteiger partial charge in [0.05, 0.1) is 5.48 Å². The first kappa shape index (κ1) is 26.2. The van der Waals surface area contributed by atoms with Crippen molar-refractivity contribution >= 4 is 38.6 Å². The van der Waals surface area contributed by atoms with Gasteiger partial charge in [-0.25, -0.2) is 0 Å². The Morgan fingerprint density at radius 1 is 0.333 bits per heavy atom. The van der Waals surface area contributed by atoms with E-state index in [9.17, 15) is 2.74 Å². The first-order valence-electron chi connectivity index (χ1n) is 19.2. The van der Waals surface area contributed by atoms with Gasteiger partial charge in [-0.1, -0.05) is 164 Å². The lowest BCUT2D eigenvalue weighted by Crippen LogP contribution is -2.10. The molecule has 0 aliphatic heterocycles. The van der Waals surface area contributed by atoms with Crippen LogP contribution in [0.3, 0.4) is 0 Å². The highest BCUT2D eigenvalue weighted by Gasteiger charge is 2.15. The number of fused-ring (bicyclic) bond motifs is 2. The van der Waals surface area contributed by atoms with E-state index >= 15 is 0 Å². The van der Waals surface area contributed by atoms with Crippen molar-refractivity contribution in [2.45, 2.75) is 0 Å². The average molecular weight is 654 g/mol. The van der Waals surface area contributed by atoms with Crippen LogP contribution in [0.5, 0.6) is 0 Å². The van der Waals surface area contributed by atoms with E-state index in [1.54, 1.807) is 0 Å². The Balaban J connectivity index is 1.20. The van der Waals surface area contributed by atoms with E-state index in [4.69, 9.17) is 2.74 Å². The molecule has 9 aromatic carbocycles. The second-order valence-electron chi connectivity index (χ2n) is 12.7. The van der Waals surface area contributed by atoms with E-state index < -0.39 is 0 Å². The summed E-state index contributed by atoms with van der Waals surface area (Å²) < 4.78 is 37.2. The third-order valence-electron chi connectivity index (χ3n) is 9.53. The fourth-order valence-electron chi connectivity index (χ4n) is 6.91. The number of hydrogen-bond donors (Lipinski definition) is 0. The van der Waals surface area contributed by atoms with E-state index in [0.29, 0.717) is 11.1 Å². The maximum absolute atomic E-state index is 9.74. The van der Waals surface area contributed by atoms with Gasteiger partial charge in [0.25, 0.3) is 0 Å². The molecule has 9 rings (SSSR count). The van der Waals surface area contributed by atoms with Gasteiger partial charge >= 0.3 is 0 Å². The molecular formula is C50H35N. The van der Waals surface area contributed by atoms with Crippen LogP contribution in [-0.2, 0) is 0 Å². The maximum Gasteiger partial charge on any atom is 0.0651 e. The minimum Gasteiger partial charge on any atom is -0.310 e. The van der Waals surface area contributed by atoms with Crippen LogP contribution in [0, 0.1) is 0 Å². The number of rotatable bonds is 7. The standard InChI is InChI=1S/C50H35N/c1-2-11-36(12-3-1)42-17-8-18-43(33-42)38-25-29-46(30-26-38)51(47-31-27-39(28-32-47)44-24-23-37-13-4-5-15-41(37)34-44)48-20-9-19-45(35-48)50-22-10-16-40-14-6-7-21-49(40)50/h1-35H/i9D,19D,20D,35D. The smallest absolute Gasteiger partial charge is 0.0651 e. The Hall–Kier alpha value is -6.70. The van der Waals surface area contributed by atoms with E-state index in [0.717, 1.165) is 60.9 Å². The van der Waals surface area contributed by atoms with Gasteiger partial charge in [-0.2, -0.15) is 0 Å². The van der Waals surface area contributed by atoms with Gasteiger partial charge in [0.15, 0.2) is 0 Å². The van der Waals surface area contributed by atoms with Crippen LogP contribution in [0.2, 0.25) is 0 Å². The van der Waals surface area contributed by atoms with Gasteiger partial charge in [-0.15, -0.1) is 0 Å². The van der Waals surface area contributed by atoms with E-state index in [1.165, 1.54) is 5.39 Å². The van der Waals surface area contributed by atoms with Gasteiger partial charge in [-0.3, -0.25) is 0 Å². The van der Waals surface area contributed by atoms with E-state index in [-0.39, 0.29) is 29.9 Å². The molecule has 0 heterocycles. The third kappa shape index (κ3) is 6.07. The van der Waals surface area contributed by atoms with Crippen molar-refractivity contribution in [3.05, 3.63) is 212 Å². The molecule has 0 aliphatic carbocycles. The van der Waals surface area contributed by atoms with E-state index in [2.05, 4.69) is 91.0 Å². The Labute approximate surface area is 305 Å². The molecule has 0 atom stereocenters. The van der Waals surface area contributed by atoms with Crippen molar-refractivity contribution in [1.82, 2.24) is 0 Å². The minimum absolute atomic E-state index is 0.0283. The fraction of sp³-hybridized carbons (Fsp3) is 0. The summed E-state index contributed by atoms with van der Waals surface area (Å²) in [6.45, 7) is 0. The predicted molar refractivity (Wildman–Crippen MR) is 218 cm³/mol. The molecule has 0 amide bonds. The molecule has 9 aromatic rings. The lowest BCUT2D eigenvalue weighted by molar-refractivity contribution is 1.28. The Morgan fingerprint density at radius 3 is 1.59 bits per heavy atom. The number of hydrogen-bond acceptors (Lipinski definition) is 1. The molecule has 240 valence electrons. The molecule has 0 saturated carbocycles. The quantitative estimate of drug-likeness (QED) is 0.165. The normalized spacial score (nSPS) is 12.2. The first-order chi connectivity index (χ1) is 26.9. The molecule has 0 fully saturated rings. The number of nitrogens with zero attached hydrogens (tertiary/aromatic N) is 1. The van der Waals surface area contributed by atoms with Crippen molar-refractivity contribution in [3.8, 4) is 44.5 Å². The SMILES string of the molecule is [2H]c1c([2H])c(-c2cccc3ccccc23)c([2H])c(N(c2ccc(-c3cccc(-c4ccccc4)c3)cc2)c2ccc(-c3ccc4ccccc4c3)cc2)c1[2H]. The highest BCUT2D eigenvalue weighted by Crippen LogP contribution is 2.40. The minimum atomic E-state index is -0.221. The largest absolute Gasteiger partial charge is 0.310 e. The molecule has 0 spiro atoms. The number of anilines is 3. The Bertz CT molecular complexity index is 2840. The van der Waals surface area contributed by atoms with Crippen molar-refractivity contribution in [3.63, 3.8) is 0 Å². The average Bonchev–Trinajstić information content (AvgIpc) is 3.25. The molecule has 0 radical (unpaired) electrons. The van der Waals surface area contributed by atoms with Crippen LogP contribution < -0.4 is 4.90 Å². The van der Waals surface area contributed by atoms with Gasteiger partial charge in [0.2, 0.25) is 0 Å². The third-order valence-corrected chi connectivity index (χ3v) is 9.53. The zero-order valence-electron chi connectivity index (χ0n) is 31.8. The van der Waals surface area contributed by atoms with Crippen LogP contribution in [0.1, 0.15) is 5.48 Å². The summed E-state index contributed by atoms with van der Waals surface area (Å²) >= 11 is 0. The zero-order chi connectivity index (χ0) is 37.5.